The second-order valence-electron chi connectivity index (χ2n) is 8.44. The first-order chi connectivity index (χ1) is 17.4. The fourth-order valence-corrected chi connectivity index (χ4v) is 3.98. The monoisotopic (exact) mass is 514 g/mol. The number of hydrogen-bond acceptors (Lipinski definition) is 5. The maximum atomic E-state index is 13.8. The van der Waals surface area contributed by atoms with Gasteiger partial charge in [0, 0.05) is 19.8 Å². The number of alkyl halides is 3. The van der Waals surface area contributed by atoms with Crippen LogP contribution in [0.3, 0.4) is 0 Å². The lowest BCUT2D eigenvalue weighted by Crippen LogP contribution is -2.53. The molecule has 0 saturated carbocycles. The van der Waals surface area contributed by atoms with Gasteiger partial charge in [-0.25, -0.2) is 9.59 Å². The summed E-state index contributed by atoms with van der Waals surface area (Å²) in [6.45, 7) is 2.56. The molecule has 0 N–H and O–H groups in total. The number of likely N-dealkylation sites (N-methyl/N-ethyl adjacent to an activating group) is 1. The van der Waals surface area contributed by atoms with Gasteiger partial charge < -0.3 is 14.5 Å². The minimum atomic E-state index is -4.66. The van der Waals surface area contributed by atoms with Gasteiger partial charge in [0.25, 0.3) is 0 Å². The standard InChI is InChI=1S/C26H25F3N4O4/c1-5-37-24(35)22-16(2)33(20-8-6-7-19(13-20)26(27,28)29)25(36)32(15-21(34)31(3)4)23(22)18-11-9-17(14-30)10-12-18/h6-13,23H,5,15H2,1-4H3/t23-/m1/s1. The van der Waals surface area contributed by atoms with Crippen molar-refractivity contribution in [3.8, 4) is 6.07 Å². The normalized spacial score (nSPS) is 15.9. The zero-order chi connectivity index (χ0) is 27.5. The molecule has 1 atom stereocenters. The number of esters is 1. The van der Waals surface area contributed by atoms with Crippen LogP contribution in [-0.4, -0.2) is 55.0 Å². The second-order valence-corrected chi connectivity index (χ2v) is 8.44. The fraction of sp³-hybridized carbons (Fsp3) is 0.308. The SMILES string of the molecule is CCOC(=O)C1=C(C)N(c2cccc(C(F)(F)F)c2)C(=O)N(CC(=O)N(C)C)[C@@H]1c1ccc(C#N)cc1. The number of carbonyl (C=O) groups is 3. The van der Waals surface area contributed by atoms with Crippen molar-refractivity contribution in [2.75, 3.05) is 32.1 Å². The van der Waals surface area contributed by atoms with Crippen molar-refractivity contribution in [2.45, 2.75) is 26.1 Å². The Morgan fingerprint density at radius 2 is 1.78 bits per heavy atom. The Kier molecular flexibility index (Phi) is 7.91. The van der Waals surface area contributed by atoms with E-state index in [0.717, 1.165) is 28.0 Å². The van der Waals surface area contributed by atoms with E-state index in [2.05, 4.69) is 0 Å². The molecule has 3 rings (SSSR count). The minimum absolute atomic E-state index is 0.00381. The Balaban J connectivity index is 2.29. The van der Waals surface area contributed by atoms with E-state index in [1.165, 1.54) is 44.1 Å². The number of anilines is 1. The molecule has 1 heterocycles. The van der Waals surface area contributed by atoms with Gasteiger partial charge >= 0.3 is 18.2 Å². The largest absolute Gasteiger partial charge is 0.463 e. The molecule has 0 aliphatic carbocycles. The summed E-state index contributed by atoms with van der Waals surface area (Å²) in [6.07, 6.45) is -4.66. The molecule has 2 aromatic rings. The molecule has 0 aromatic heterocycles. The number of nitriles is 1. The molecule has 0 fully saturated rings. The number of benzene rings is 2. The predicted octanol–water partition coefficient (Wildman–Crippen LogP) is 4.49. The first-order valence-electron chi connectivity index (χ1n) is 11.3. The molecule has 0 saturated heterocycles. The smallest absolute Gasteiger partial charge is 0.416 e. The predicted molar refractivity (Wildman–Crippen MR) is 128 cm³/mol. The molecular formula is C26H25F3N4O4. The molecule has 1 aliphatic heterocycles. The van der Waals surface area contributed by atoms with E-state index in [4.69, 9.17) is 4.74 Å². The zero-order valence-electron chi connectivity index (χ0n) is 20.7. The highest BCUT2D eigenvalue weighted by Gasteiger charge is 2.44. The molecule has 11 heteroatoms. The number of ether oxygens (including phenoxy) is 1. The summed E-state index contributed by atoms with van der Waals surface area (Å²) in [5.41, 5.74) is -0.301. The molecule has 194 valence electrons. The third-order valence-corrected chi connectivity index (χ3v) is 5.83. The summed E-state index contributed by atoms with van der Waals surface area (Å²) >= 11 is 0. The third-order valence-electron chi connectivity index (χ3n) is 5.83. The number of carbonyl (C=O) groups excluding carboxylic acids is 3. The lowest BCUT2D eigenvalue weighted by atomic mass is 9.92. The van der Waals surface area contributed by atoms with E-state index in [1.54, 1.807) is 19.1 Å². The Labute approximate surface area is 212 Å². The minimum Gasteiger partial charge on any atom is -0.463 e. The van der Waals surface area contributed by atoms with Crippen molar-refractivity contribution < 1.29 is 32.3 Å². The molecule has 2 aromatic carbocycles. The number of hydrogen-bond donors (Lipinski definition) is 0. The van der Waals surface area contributed by atoms with Crippen LogP contribution in [0.2, 0.25) is 0 Å². The lowest BCUT2D eigenvalue weighted by molar-refractivity contribution is -0.140. The summed E-state index contributed by atoms with van der Waals surface area (Å²) in [5.74, 6) is -1.26. The van der Waals surface area contributed by atoms with Gasteiger partial charge in [-0.05, 0) is 49.7 Å². The number of urea groups is 1. The number of halogens is 3. The van der Waals surface area contributed by atoms with E-state index < -0.39 is 42.2 Å². The Morgan fingerprint density at radius 1 is 1.14 bits per heavy atom. The zero-order valence-corrected chi connectivity index (χ0v) is 20.7. The fourth-order valence-electron chi connectivity index (χ4n) is 3.98. The number of amides is 3. The molecule has 37 heavy (non-hydrogen) atoms. The average molecular weight is 515 g/mol. The Morgan fingerprint density at radius 3 is 2.32 bits per heavy atom. The topological polar surface area (TPSA) is 93.9 Å². The lowest BCUT2D eigenvalue weighted by Gasteiger charge is -2.42. The maximum Gasteiger partial charge on any atom is 0.416 e. The summed E-state index contributed by atoms with van der Waals surface area (Å²) in [5, 5.41) is 9.17. The van der Waals surface area contributed by atoms with Crippen molar-refractivity contribution in [1.29, 1.82) is 5.26 Å². The maximum absolute atomic E-state index is 13.8. The highest BCUT2D eigenvalue weighted by molar-refractivity contribution is 6.04. The summed E-state index contributed by atoms with van der Waals surface area (Å²) < 4.78 is 45.6. The van der Waals surface area contributed by atoms with Crippen LogP contribution in [0.5, 0.6) is 0 Å². The molecule has 0 bridgehead atoms. The van der Waals surface area contributed by atoms with Gasteiger partial charge in [-0.3, -0.25) is 9.69 Å². The quantitative estimate of drug-likeness (QED) is 0.530. The van der Waals surface area contributed by atoms with Gasteiger partial charge in [0.15, 0.2) is 0 Å². The Bertz CT molecular complexity index is 1280. The van der Waals surface area contributed by atoms with E-state index in [1.807, 2.05) is 6.07 Å². The number of nitrogens with zero attached hydrogens (tertiary/aromatic N) is 4. The Hall–Kier alpha value is -4.33. The molecule has 3 amide bonds. The van der Waals surface area contributed by atoms with Gasteiger partial charge in [-0.2, -0.15) is 18.4 Å². The summed E-state index contributed by atoms with van der Waals surface area (Å²) in [6, 6.07) is 10.4. The van der Waals surface area contributed by atoms with Crippen molar-refractivity contribution in [1.82, 2.24) is 9.80 Å². The van der Waals surface area contributed by atoms with Crippen LogP contribution < -0.4 is 4.90 Å². The first kappa shape index (κ1) is 27.3. The van der Waals surface area contributed by atoms with E-state index in [9.17, 15) is 32.8 Å². The van der Waals surface area contributed by atoms with Crippen LogP contribution in [-0.2, 0) is 20.5 Å². The van der Waals surface area contributed by atoms with E-state index in [-0.39, 0.29) is 23.6 Å². The molecule has 0 spiro atoms. The van der Waals surface area contributed by atoms with E-state index >= 15 is 0 Å². The molecular weight excluding hydrogens is 489 g/mol. The van der Waals surface area contributed by atoms with Crippen LogP contribution in [0.25, 0.3) is 0 Å². The summed E-state index contributed by atoms with van der Waals surface area (Å²) in [7, 11) is 2.98. The highest BCUT2D eigenvalue weighted by Crippen LogP contribution is 2.41. The molecule has 8 nitrogen and oxygen atoms in total. The van der Waals surface area contributed by atoms with Crippen LogP contribution in [0, 0.1) is 11.3 Å². The van der Waals surface area contributed by atoms with Gasteiger partial charge in [-0.15, -0.1) is 0 Å². The van der Waals surface area contributed by atoms with E-state index in [0.29, 0.717) is 11.1 Å². The highest BCUT2D eigenvalue weighted by atomic mass is 19.4. The van der Waals surface area contributed by atoms with Crippen molar-refractivity contribution in [3.05, 3.63) is 76.5 Å². The second kappa shape index (κ2) is 10.7. The van der Waals surface area contributed by atoms with Crippen molar-refractivity contribution in [3.63, 3.8) is 0 Å². The van der Waals surface area contributed by atoms with Crippen molar-refractivity contribution in [2.24, 2.45) is 0 Å². The van der Waals surface area contributed by atoms with Crippen LogP contribution >= 0.6 is 0 Å². The van der Waals surface area contributed by atoms with Crippen LogP contribution in [0.1, 0.15) is 36.6 Å². The van der Waals surface area contributed by atoms with Crippen LogP contribution in [0.4, 0.5) is 23.7 Å². The molecule has 0 radical (unpaired) electrons. The van der Waals surface area contributed by atoms with Gasteiger partial charge in [0.05, 0.1) is 41.1 Å². The number of allylic oxidation sites excluding steroid dienone is 1. The first-order valence-corrected chi connectivity index (χ1v) is 11.3. The van der Waals surface area contributed by atoms with Gasteiger partial charge in [0.1, 0.15) is 6.54 Å². The summed E-state index contributed by atoms with van der Waals surface area (Å²) in [4.78, 5) is 43.2. The third kappa shape index (κ3) is 5.58. The average Bonchev–Trinajstić information content (AvgIpc) is 2.85. The van der Waals surface area contributed by atoms with Crippen LogP contribution in [0.15, 0.2) is 59.8 Å². The molecule has 1 aliphatic rings. The van der Waals surface area contributed by atoms with Gasteiger partial charge in [0.2, 0.25) is 5.91 Å². The molecule has 0 unspecified atom stereocenters. The number of rotatable bonds is 6. The van der Waals surface area contributed by atoms with Gasteiger partial charge in [-0.1, -0.05) is 18.2 Å². The van der Waals surface area contributed by atoms with Crippen molar-refractivity contribution >= 4 is 23.6 Å².